The molecule has 0 bridgehead atoms. The maximum Gasteiger partial charge on any atom is 0.189 e. The topological polar surface area (TPSA) is 51.8 Å². The predicted molar refractivity (Wildman–Crippen MR) is 84.8 cm³/mol. The smallest absolute Gasteiger partial charge is 0.189 e. The average molecular weight is 281 g/mol. The third-order valence-corrected chi connectivity index (χ3v) is 3.95. The number of anilines is 1. The number of nitrogens with two attached hydrogens (primary N) is 1. The van der Waals surface area contributed by atoms with Crippen molar-refractivity contribution in [1.29, 1.82) is 0 Å². The SMILES string of the molecule is Nc1ccnc(SCCc2ccc3ccccc3c2)n1. The number of hydrogen-bond acceptors (Lipinski definition) is 4. The Morgan fingerprint density at radius 2 is 1.85 bits per heavy atom. The van der Waals surface area contributed by atoms with Crippen LogP contribution in [0, 0.1) is 0 Å². The largest absolute Gasteiger partial charge is 0.384 e. The van der Waals surface area contributed by atoms with Crippen LogP contribution in [0.3, 0.4) is 0 Å². The monoisotopic (exact) mass is 281 g/mol. The Hall–Kier alpha value is -2.07. The van der Waals surface area contributed by atoms with E-state index in [0.29, 0.717) is 5.82 Å². The summed E-state index contributed by atoms with van der Waals surface area (Å²) in [6.45, 7) is 0. The average Bonchev–Trinajstić information content (AvgIpc) is 2.47. The third kappa shape index (κ3) is 3.08. The number of nitrogens with zero attached hydrogens (tertiary/aromatic N) is 2. The van der Waals surface area contributed by atoms with Crippen LogP contribution in [0.15, 0.2) is 59.9 Å². The lowest BCUT2D eigenvalue weighted by Crippen LogP contribution is -1.95. The first-order valence-corrected chi connectivity index (χ1v) is 7.49. The van der Waals surface area contributed by atoms with Crippen molar-refractivity contribution in [2.75, 3.05) is 11.5 Å². The van der Waals surface area contributed by atoms with Crippen LogP contribution in [0.4, 0.5) is 5.82 Å². The Balaban J connectivity index is 1.65. The first-order valence-electron chi connectivity index (χ1n) is 6.50. The van der Waals surface area contributed by atoms with Crippen LogP contribution in [0.2, 0.25) is 0 Å². The lowest BCUT2D eigenvalue weighted by atomic mass is 10.1. The molecule has 0 spiro atoms. The molecule has 0 saturated heterocycles. The van der Waals surface area contributed by atoms with E-state index in [-0.39, 0.29) is 0 Å². The van der Waals surface area contributed by atoms with Gasteiger partial charge in [-0.2, -0.15) is 0 Å². The normalized spacial score (nSPS) is 10.8. The summed E-state index contributed by atoms with van der Waals surface area (Å²) in [5, 5.41) is 3.31. The molecule has 0 unspecified atom stereocenters. The molecule has 0 radical (unpaired) electrons. The Morgan fingerprint density at radius 3 is 2.70 bits per heavy atom. The van der Waals surface area contributed by atoms with Gasteiger partial charge in [0.05, 0.1) is 0 Å². The molecular weight excluding hydrogens is 266 g/mol. The molecule has 2 N–H and O–H groups in total. The fraction of sp³-hybridized carbons (Fsp3) is 0.125. The van der Waals surface area contributed by atoms with E-state index >= 15 is 0 Å². The maximum absolute atomic E-state index is 5.64. The minimum atomic E-state index is 0.521. The fourth-order valence-corrected chi connectivity index (χ4v) is 2.90. The van der Waals surface area contributed by atoms with Crippen molar-refractivity contribution in [1.82, 2.24) is 9.97 Å². The van der Waals surface area contributed by atoms with Gasteiger partial charge in [0.1, 0.15) is 5.82 Å². The van der Waals surface area contributed by atoms with E-state index in [1.54, 1.807) is 24.0 Å². The second-order valence-corrected chi connectivity index (χ2v) is 5.61. The van der Waals surface area contributed by atoms with Crippen molar-refractivity contribution in [2.45, 2.75) is 11.6 Å². The molecule has 1 aromatic heterocycles. The summed E-state index contributed by atoms with van der Waals surface area (Å²) in [5.74, 6) is 1.47. The van der Waals surface area contributed by atoms with E-state index in [1.165, 1.54) is 16.3 Å². The molecule has 0 aliphatic heterocycles. The van der Waals surface area contributed by atoms with Crippen molar-refractivity contribution in [3.05, 3.63) is 60.3 Å². The zero-order valence-electron chi connectivity index (χ0n) is 11.0. The Kier molecular flexibility index (Phi) is 3.83. The van der Waals surface area contributed by atoms with E-state index in [0.717, 1.165) is 17.3 Å². The molecule has 2 aromatic carbocycles. The summed E-state index contributed by atoms with van der Waals surface area (Å²) in [6, 6.07) is 16.7. The van der Waals surface area contributed by atoms with E-state index in [9.17, 15) is 0 Å². The lowest BCUT2D eigenvalue weighted by molar-refractivity contribution is 0.972. The van der Waals surface area contributed by atoms with Gasteiger partial charge in [0, 0.05) is 11.9 Å². The molecule has 0 amide bonds. The Bertz CT molecular complexity index is 727. The van der Waals surface area contributed by atoms with Crippen LogP contribution in [-0.2, 0) is 6.42 Å². The molecule has 0 aliphatic carbocycles. The highest BCUT2D eigenvalue weighted by Crippen LogP contribution is 2.19. The lowest BCUT2D eigenvalue weighted by Gasteiger charge is -2.04. The zero-order valence-corrected chi connectivity index (χ0v) is 11.8. The van der Waals surface area contributed by atoms with Gasteiger partial charge in [-0.1, -0.05) is 54.2 Å². The van der Waals surface area contributed by atoms with Crippen LogP contribution in [0.1, 0.15) is 5.56 Å². The molecule has 3 rings (SSSR count). The van der Waals surface area contributed by atoms with Crippen LogP contribution in [0.25, 0.3) is 10.8 Å². The third-order valence-electron chi connectivity index (χ3n) is 3.09. The Morgan fingerprint density at radius 1 is 1.00 bits per heavy atom. The molecule has 100 valence electrons. The number of benzene rings is 2. The van der Waals surface area contributed by atoms with Gasteiger partial charge in [-0.05, 0) is 28.8 Å². The molecule has 3 nitrogen and oxygen atoms in total. The number of hydrogen-bond donors (Lipinski definition) is 1. The van der Waals surface area contributed by atoms with E-state index in [2.05, 4.69) is 52.4 Å². The minimum Gasteiger partial charge on any atom is -0.384 e. The van der Waals surface area contributed by atoms with Gasteiger partial charge in [0.25, 0.3) is 0 Å². The molecule has 4 heteroatoms. The van der Waals surface area contributed by atoms with Gasteiger partial charge in [0.2, 0.25) is 0 Å². The summed E-state index contributed by atoms with van der Waals surface area (Å²) < 4.78 is 0. The molecule has 0 atom stereocenters. The summed E-state index contributed by atoms with van der Waals surface area (Å²) in [6.07, 6.45) is 2.69. The van der Waals surface area contributed by atoms with Crippen molar-refractivity contribution in [3.63, 3.8) is 0 Å². The van der Waals surface area contributed by atoms with Gasteiger partial charge in [-0.15, -0.1) is 0 Å². The highest BCUT2D eigenvalue weighted by atomic mass is 32.2. The Labute approximate surface area is 122 Å². The van der Waals surface area contributed by atoms with Crippen molar-refractivity contribution in [3.8, 4) is 0 Å². The van der Waals surface area contributed by atoms with Gasteiger partial charge >= 0.3 is 0 Å². The van der Waals surface area contributed by atoms with E-state index in [4.69, 9.17) is 5.73 Å². The standard InChI is InChI=1S/C16H15N3S/c17-15-7-9-18-16(19-15)20-10-8-12-5-6-13-3-1-2-4-14(13)11-12/h1-7,9,11H,8,10H2,(H2,17,18,19). The number of fused-ring (bicyclic) bond motifs is 1. The number of nitrogen functional groups attached to an aromatic ring is 1. The summed E-state index contributed by atoms with van der Waals surface area (Å²) in [7, 11) is 0. The summed E-state index contributed by atoms with van der Waals surface area (Å²) in [4.78, 5) is 8.38. The van der Waals surface area contributed by atoms with Crippen LogP contribution >= 0.6 is 11.8 Å². The quantitative estimate of drug-likeness (QED) is 0.587. The first-order chi connectivity index (χ1) is 9.81. The highest BCUT2D eigenvalue weighted by Gasteiger charge is 2.00. The van der Waals surface area contributed by atoms with Crippen molar-refractivity contribution in [2.24, 2.45) is 0 Å². The van der Waals surface area contributed by atoms with Crippen LogP contribution in [-0.4, -0.2) is 15.7 Å². The first kappa shape index (κ1) is 12.9. The molecular formula is C16H15N3S. The van der Waals surface area contributed by atoms with Crippen LogP contribution < -0.4 is 5.73 Å². The van der Waals surface area contributed by atoms with Gasteiger partial charge < -0.3 is 5.73 Å². The van der Waals surface area contributed by atoms with E-state index < -0.39 is 0 Å². The molecule has 0 saturated carbocycles. The number of aryl methyl sites for hydroxylation is 1. The number of rotatable bonds is 4. The van der Waals surface area contributed by atoms with Gasteiger partial charge in [0.15, 0.2) is 5.16 Å². The highest BCUT2D eigenvalue weighted by molar-refractivity contribution is 7.99. The maximum atomic E-state index is 5.64. The molecule has 1 heterocycles. The van der Waals surface area contributed by atoms with Crippen molar-refractivity contribution < 1.29 is 0 Å². The molecule has 3 aromatic rings. The molecule has 20 heavy (non-hydrogen) atoms. The van der Waals surface area contributed by atoms with Gasteiger partial charge in [-0.3, -0.25) is 0 Å². The summed E-state index contributed by atoms with van der Waals surface area (Å²) in [5.41, 5.74) is 6.97. The van der Waals surface area contributed by atoms with Crippen molar-refractivity contribution >= 4 is 28.4 Å². The molecule has 0 aliphatic rings. The zero-order chi connectivity index (χ0) is 13.8. The molecule has 0 fully saturated rings. The second kappa shape index (κ2) is 5.92. The minimum absolute atomic E-state index is 0.521. The van der Waals surface area contributed by atoms with E-state index in [1.807, 2.05) is 0 Å². The second-order valence-electron chi connectivity index (χ2n) is 4.54. The number of aromatic nitrogens is 2. The summed E-state index contributed by atoms with van der Waals surface area (Å²) >= 11 is 1.63. The predicted octanol–water partition coefficient (Wildman–Crippen LogP) is 3.55. The van der Waals surface area contributed by atoms with Gasteiger partial charge in [-0.25, -0.2) is 9.97 Å². The van der Waals surface area contributed by atoms with Crippen LogP contribution in [0.5, 0.6) is 0 Å². The number of thioether (sulfide) groups is 1. The fourth-order valence-electron chi connectivity index (χ4n) is 2.08.